The van der Waals surface area contributed by atoms with Gasteiger partial charge in [0.05, 0.1) is 12.2 Å². The summed E-state index contributed by atoms with van der Waals surface area (Å²) in [4.78, 5) is 0. The van der Waals surface area contributed by atoms with Crippen LogP contribution in [-0.4, -0.2) is 22.4 Å². The normalized spacial score (nSPS) is 18.0. The van der Waals surface area contributed by atoms with Gasteiger partial charge in [0, 0.05) is 0 Å². The van der Waals surface area contributed by atoms with E-state index in [1.54, 1.807) is 6.92 Å². The van der Waals surface area contributed by atoms with E-state index >= 15 is 0 Å². The largest absolute Gasteiger partial charge is 0.391 e. The summed E-state index contributed by atoms with van der Waals surface area (Å²) in [6.07, 6.45) is -0.463. The van der Waals surface area contributed by atoms with Crippen molar-refractivity contribution < 1.29 is 10.2 Å². The lowest BCUT2D eigenvalue weighted by Crippen LogP contribution is -2.23. The lowest BCUT2D eigenvalue weighted by atomic mass is 10.0. The van der Waals surface area contributed by atoms with Gasteiger partial charge in [-0.15, -0.1) is 0 Å². The standard InChI is InChI=1S/C7H16O2/c1-5(2)4-7(9)6(3)8/h5-9H,4H2,1-3H3/t6-,7+/m0/s1. The number of hydrogen-bond donors (Lipinski definition) is 2. The Labute approximate surface area is 56.5 Å². The van der Waals surface area contributed by atoms with Gasteiger partial charge in [0.2, 0.25) is 0 Å². The Kier molecular flexibility index (Phi) is 3.82. The van der Waals surface area contributed by atoms with Crippen LogP contribution in [0.1, 0.15) is 27.2 Å². The minimum absolute atomic E-state index is 0.453. The van der Waals surface area contributed by atoms with Gasteiger partial charge < -0.3 is 10.2 Å². The molecule has 0 saturated heterocycles. The van der Waals surface area contributed by atoms with Crippen LogP contribution in [0, 0.1) is 5.92 Å². The van der Waals surface area contributed by atoms with Crippen LogP contribution in [0.4, 0.5) is 0 Å². The molecule has 9 heavy (non-hydrogen) atoms. The quantitative estimate of drug-likeness (QED) is 0.595. The fourth-order valence-electron chi connectivity index (χ4n) is 0.680. The Morgan fingerprint density at radius 2 is 1.56 bits per heavy atom. The molecule has 0 aromatic rings. The molecular formula is C7H16O2. The summed E-state index contributed by atoms with van der Waals surface area (Å²) in [5.41, 5.74) is 0. The van der Waals surface area contributed by atoms with Crippen LogP contribution in [-0.2, 0) is 0 Å². The molecule has 2 N–H and O–H groups in total. The zero-order valence-corrected chi connectivity index (χ0v) is 6.33. The maximum absolute atomic E-state index is 9.05. The third-order valence-electron chi connectivity index (χ3n) is 1.27. The van der Waals surface area contributed by atoms with Crippen molar-refractivity contribution >= 4 is 0 Å². The Balaban J connectivity index is 3.38. The van der Waals surface area contributed by atoms with Gasteiger partial charge in [-0.3, -0.25) is 0 Å². The Morgan fingerprint density at radius 3 is 1.67 bits per heavy atom. The summed E-state index contributed by atoms with van der Waals surface area (Å²) in [6, 6.07) is 0. The van der Waals surface area contributed by atoms with E-state index in [2.05, 4.69) is 0 Å². The SMILES string of the molecule is CC(C)C[C@@H](O)[C@H](C)O. The first kappa shape index (κ1) is 8.92. The van der Waals surface area contributed by atoms with Gasteiger partial charge in [-0.25, -0.2) is 0 Å². The molecule has 2 nitrogen and oxygen atoms in total. The van der Waals surface area contributed by atoms with E-state index in [1.165, 1.54) is 0 Å². The van der Waals surface area contributed by atoms with E-state index in [0.717, 1.165) is 0 Å². The summed E-state index contributed by atoms with van der Waals surface area (Å²) >= 11 is 0. The molecule has 0 amide bonds. The van der Waals surface area contributed by atoms with Crippen molar-refractivity contribution in [2.24, 2.45) is 5.92 Å². The van der Waals surface area contributed by atoms with Gasteiger partial charge in [0.15, 0.2) is 0 Å². The summed E-state index contributed by atoms with van der Waals surface area (Å²) < 4.78 is 0. The Morgan fingerprint density at radius 1 is 1.11 bits per heavy atom. The average molecular weight is 132 g/mol. The predicted octanol–water partition coefficient (Wildman–Crippen LogP) is 0.774. The average Bonchev–Trinajstić information content (AvgIpc) is 1.63. The van der Waals surface area contributed by atoms with Gasteiger partial charge in [-0.2, -0.15) is 0 Å². The van der Waals surface area contributed by atoms with Crippen molar-refractivity contribution in [3.63, 3.8) is 0 Å². The van der Waals surface area contributed by atoms with Crippen molar-refractivity contribution in [3.05, 3.63) is 0 Å². The molecule has 56 valence electrons. The molecule has 0 aliphatic rings. The summed E-state index contributed by atoms with van der Waals surface area (Å²) in [7, 11) is 0. The highest BCUT2D eigenvalue weighted by Gasteiger charge is 2.11. The van der Waals surface area contributed by atoms with Crippen LogP contribution < -0.4 is 0 Å². The van der Waals surface area contributed by atoms with Crippen LogP contribution in [0.15, 0.2) is 0 Å². The van der Waals surface area contributed by atoms with Gasteiger partial charge in [0.25, 0.3) is 0 Å². The summed E-state index contributed by atoms with van der Waals surface area (Å²) in [6.45, 7) is 5.64. The molecule has 2 heteroatoms. The molecule has 0 aromatic heterocycles. The van der Waals surface area contributed by atoms with E-state index in [9.17, 15) is 0 Å². The molecule has 0 unspecified atom stereocenters. The van der Waals surface area contributed by atoms with Gasteiger partial charge in [-0.1, -0.05) is 13.8 Å². The van der Waals surface area contributed by atoms with Crippen LogP contribution >= 0.6 is 0 Å². The molecule has 0 bridgehead atoms. The highest BCUT2D eigenvalue weighted by atomic mass is 16.3. The van der Waals surface area contributed by atoms with Crippen LogP contribution in [0.3, 0.4) is 0 Å². The van der Waals surface area contributed by atoms with E-state index < -0.39 is 12.2 Å². The Hall–Kier alpha value is -0.0800. The molecule has 0 aromatic carbocycles. The molecule has 2 atom stereocenters. The molecule has 0 spiro atoms. The fourth-order valence-corrected chi connectivity index (χ4v) is 0.680. The minimum Gasteiger partial charge on any atom is -0.391 e. The van der Waals surface area contributed by atoms with E-state index in [-0.39, 0.29) is 0 Å². The van der Waals surface area contributed by atoms with E-state index in [0.29, 0.717) is 12.3 Å². The highest BCUT2D eigenvalue weighted by Crippen LogP contribution is 2.06. The van der Waals surface area contributed by atoms with Gasteiger partial charge in [-0.05, 0) is 19.3 Å². The fraction of sp³-hybridized carbons (Fsp3) is 1.00. The van der Waals surface area contributed by atoms with Crippen molar-refractivity contribution in [3.8, 4) is 0 Å². The molecule has 0 heterocycles. The third-order valence-corrected chi connectivity index (χ3v) is 1.27. The Bertz CT molecular complexity index is 69.3. The van der Waals surface area contributed by atoms with Crippen molar-refractivity contribution in [2.45, 2.75) is 39.4 Å². The van der Waals surface area contributed by atoms with Gasteiger partial charge in [0.1, 0.15) is 0 Å². The molecule has 0 rings (SSSR count). The maximum atomic E-state index is 9.05. The topological polar surface area (TPSA) is 40.5 Å². The number of aliphatic hydroxyl groups is 2. The zero-order chi connectivity index (χ0) is 7.44. The molecule has 0 fully saturated rings. The van der Waals surface area contributed by atoms with Crippen LogP contribution in [0.25, 0.3) is 0 Å². The predicted molar refractivity (Wildman–Crippen MR) is 37.1 cm³/mol. The van der Waals surface area contributed by atoms with Crippen molar-refractivity contribution in [2.75, 3.05) is 0 Å². The van der Waals surface area contributed by atoms with Crippen LogP contribution in [0.2, 0.25) is 0 Å². The third kappa shape index (κ3) is 4.43. The molecule has 0 aliphatic heterocycles. The summed E-state index contributed by atoms with van der Waals surface area (Å²) in [5, 5.41) is 17.9. The van der Waals surface area contributed by atoms with Crippen LogP contribution in [0.5, 0.6) is 0 Å². The number of rotatable bonds is 3. The van der Waals surface area contributed by atoms with Crippen molar-refractivity contribution in [1.82, 2.24) is 0 Å². The lowest BCUT2D eigenvalue weighted by molar-refractivity contribution is 0.0188. The molecule has 0 radical (unpaired) electrons. The first-order valence-corrected chi connectivity index (χ1v) is 3.40. The first-order valence-electron chi connectivity index (χ1n) is 3.40. The second-order valence-electron chi connectivity index (χ2n) is 2.94. The second-order valence-corrected chi connectivity index (χ2v) is 2.94. The lowest BCUT2D eigenvalue weighted by Gasteiger charge is -2.14. The van der Waals surface area contributed by atoms with E-state index in [4.69, 9.17) is 10.2 Å². The number of hydrogen-bond acceptors (Lipinski definition) is 2. The molecule has 0 saturated carbocycles. The summed E-state index contributed by atoms with van der Waals surface area (Å²) in [5.74, 6) is 0.453. The molecular weight excluding hydrogens is 116 g/mol. The smallest absolute Gasteiger partial charge is 0.0798 e. The van der Waals surface area contributed by atoms with Gasteiger partial charge >= 0.3 is 0 Å². The molecule has 0 aliphatic carbocycles. The van der Waals surface area contributed by atoms with Crippen molar-refractivity contribution in [1.29, 1.82) is 0 Å². The second kappa shape index (κ2) is 3.85. The highest BCUT2D eigenvalue weighted by molar-refractivity contribution is 4.63. The van der Waals surface area contributed by atoms with E-state index in [1.807, 2.05) is 13.8 Å². The minimum atomic E-state index is -0.590. The monoisotopic (exact) mass is 132 g/mol. The zero-order valence-electron chi connectivity index (χ0n) is 6.33. The maximum Gasteiger partial charge on any atom is 0.0798 e. The number of aliphatic hydroxyl groups excluding tert-OH is 2. The first-order chi connectivity index (χ1) is 4.04.